The molecule has 498 valence electrons. The molecular formula is C65H126O17P2. The predicted octanol–water partition coefficient (Wildman–Crippen LogP) is 17.8. The van der Waals surface area contributed by atoms with Crippen molar-refractivity contribution in [3.8, 4) is 0 Å². The third kappa shape index (κ3) is 57.8. The molecule has 0 aromatic rings. The molecule has 0 rings (SSSR count). The minimum absolute atomic E-state index is 0.103. The van der Waals surface area contributed by atoms with Gasteiger partial charge in [-0.1, -0.05) is 261 Å². The Morgan fingerprint density at radius 3 is 0.845 bits per heavy atom. The summed E-state index contributed by atoms with van der Waals surface area (Å²) >= 11 is 0. The number of hydrogen-bond donors (Lipinski definition) is 3. The number of phosphoric ester groups is 2. The average molecular weight is 1240 g/mol. The van der Waals surface area contributed by atoms with Crippen LogP contribution in [0.25, 0.3) is 0 Å². The standard InChI is InChI=1S/C65H126O17P2/c1-9-58(8)44-36-28-18-15-16-20-32-40-48-65(70)82-61(52-76-63(68)46-38-30-24-22-27-35-43-57(6)7)54-80-84(73,74)78-50-59(66)49-77-83(71,72)79-53-60(51-75-62(67)45-37-29-23-21-26-34-42-56(4)5)81-64(69)47-39-31-19-14-12-10-11-13-17-25-33-41-55(2)3/h55-61,66H,9-54H2,1-8H3,(H,71,72)(H,73,74)/t58?,59-,60-,61-/m1/s1. The first-order chi connectivity index (χ1) is 40.1. The lowest BCUT2D eigenvalue weighted by Gasteiger charge is -2.21. The van der Waals surface area contributed by atoms with Gasteiger partial charge in [-0.05, 0) is 49.4 Å². The van der Waals surface area contributed by atoms with Gasteiger partial charge in [0.25, 0.3) is 0 Å². The SMILES string of the molecule is CCC(C)CCCCCCCCCCC(=O)O[C@H](COC(=O)CCCCCCCCC(C)C)COP(=O)(O)OC[C@H](O)COP(=O)(O)OC[C@@H](COC(=O)CCCCCCCCC(C)C)OC(=O)CCCCCCCCCCCCCC(C)C. The molecule has 84 heavy (non-hydrogen) atoms. The molecule has 6 atom stereocenters. The molecule has 0 aliphatic carbocycles. The molecule has 0 amide bonds. The quantitative estimate of drug-likeness (QED) is 0.0222. The van der Waals surface area contributed by atoms with Crippen LogP contribution in [0.5, 0.6) is 0 Å². The molecular weight excluding hydrogens is 1110 g/mol. The number of hydrogen-bond acceptors (Lipinski definition) is 15. The summed E-state index contributed by atoms with van der Waals surface area (Å²) in [6.07, 6.45) is 35.1. The number of carbonyl (C=O) groups excluding carboxylic acids is 4. The van der Waals surface area contributed by atoms with Crippen molar-refractivity contribution in [2.45, 2.75) is 331 Å². The van der Waals surface area contributed by atoms with Crippen LogP contribution in [-0.4, -0.2) is 96.7 Å². The van der Waals surface area contributed by atoms with E-state index in [4.69, 9.17) is 37.0 Å². The fourth-order valence-corrected chi connectivity index (χ4v) is 11.2. The maximum absolute atomic E-state index is 13.0. The van der Waals surface area contributed by atoms with E-state index < -0.39 is 97.5 Å². The van der Waals surface area contributed by atoms with Crippen molar-refractivity contribution in [1.29, 1.82) is 0 Å². The minimum atomic E-state index is -4.95. The van der Waals surface area contributed by atoms with Crippen LogP contribution in [0.15, 0.2) is 0 Å². The van der Waals surface area contributed by atoms with Gasteiger partial charge in [0.2, 0.25) is 0 Å². The molecule has 3 N–H and O–H groups in total. The second-order valence-corrected chi connectivity index (χ2v) is 28.1. The third-order valence-corrected chi connectivity index (χ3v) is 17.1. The highest BCUT2D eigenvalue weighted by Gasteiger charge is 2.30. The minimum Gasteiger partial charge on any atom is -0.462 e. The summed E-state index contributed by atoms with van der Waals surface area (Å²) in [4.78, 5) is 72.2. The molecule has 17 nitrogen and oxygen atoms in total. The Kier molecular flexibility index (Phi) is 53.9. The Morgan fingerprint density at radius 1 is 0.333 bits per heavy atom. The summed E-state index contributed by atoms with van der Waals surface area (Å²) in [5.41, 5.74) is 0. The molecule has 3 unspecified atom stereocenters. The van der Waals surface area contributed by atoms with Gasteiger partial charge in [0.15, 0.2) is 12.2 Å². The molecule has 0 aliphatic heterocycles. The smallest absolute Gasteiger partial charge is 0.462 e. The van der Waals surface area contributed by atoms with Crippen molar-refractivity contribution >= 4 is 39.5 Å². The average Bonchev–Trinajstić information content (AvgIpc) is 3.50. The summed E-state index contributed by atoms with van der Waals surface area (Å²) in [6, 6.07) is 0. The molecule has 0 heterocycles. The highest BCUT2D eigenvalue weighted by molar-refractivity contribution is 7.47. The maximum atomic E-state index is 13.0. The third-order valence-electron chi connectivity index (χ3n) is 15.2. The zero-order valence-corrected chi connectivity index (χ0v) is 56.3. The van der Waals surface area contributed by atoms with Crippen LogP contribution in [-0.2, 0) is 65.4 Å². The van der Waals surface area contributed by atoms with Gasteiger partial charge in [-0.2, -0.15) is 0 Å². The second kappa shape index (κ2) is 55.2. The van der Waals surface area contributed by atoms with Gasteiger partial charge in [0, 0.05) is 25.7 Å². The van der Waals surface area contributed by atoms with Crippen molar-refractivity contribution in [2.75, 3.05) is 39.6 Å². The zero-order chi connectivity index (χ0) is 62.5. The lowest BCUT2D eigenvalue weighted by molar-refractivity contribution is -0.161. The fraction of sp³-hybridized carbons (Fsp3) is 0.938. The maximum Gasteiger partial charge on any atom is 0.472 e. The highest BCUT2D eigenvalue weighted by Crippen LogP contribution is 2.45. The predicted molar refractivity (Wildman–Crippen MR) is 335 cm³/mol. The lowest BCUT2D eigenvalue weighted by Crippen LogP contribution is -2.30. The number of aliphatic hydroxyl groups is 1. The zero-order valence-electron chi connectivity index (χ0n) is 54.5. The first-order valence-electron chi connectivity index (χ1n) is 33.7. The molecule has 0 fully saturated rings. The van der Waals surface area contributed by atoms with Crippen LogP contribution in [0.2, 0.25) is 0 Å². The summed E-state index contributed by atoms with van der Waals surface area (Å²) in [6.45, 7) is 13.9. The molecule has 0 saturated carbocycles. The largest absolute Gasteiger partial charge is 0.472 e. The summed E-state index contributed by atoms with van der Waals surface area (Å²) in [7, 11) is -9.89. The molecule has 0 aromatic carbocycles. The van der Waals surface area contributed by atoms with E-state index in [-0.39, 0.29) is 25.7 Å². The molecule has 0 aromatic heterocycles. The van der Waals surface area contributed by atoms with E-state index in [1.807, 2.05) is 0 Å². The summed E-state index contributed by atoms with van der Waals surface area (Å²) in [5, 5.41) is 10.5. The van der Waals surface area contributed by atoms with Crippen LogP contribution in [0, 0.1) is 23.7 Å². The number of carbonyl (C=O) groups is 4. The Morgan fingerprint density at radius 2 is 0.571 bits per heavy atom. The van der Waals surface area contributed by atoms with Gasteiger partial charge in [0.1, 0.15) is 19.3 Å². The second-order valence-electron chi connectivity index (χ2n) is 25.2. The van der Waals surface area contributed by atoms with E-state index in [1.165, 1.54) is 103 Å². The Labute approximate surface area is 511 Å². The Hall–Kier alpha value is -1.94. The highest BCUT2D eigenvalue weighted by atomic mass is 31.2. The topological polar surface area (TPSA) is 237 Å². The van der Waals surface area contributed by atoms with Crippen LogP contribution >= 0.6 is 15.6 Å². The van der Waals surface area contributed by atoms with E-state index >= 15 is 0 Å². The van der Waals surface area contributed by atoms with Gasteiger partial charge in [0.05, 0.1) is 26.4 Å². The molecule has 0 radical (unpaired) electrons. The van der Waals surface area contributed by atoms with E-state index in [9.17, 15) is 43.2 Å². The number of aliphatic hydroxyl groups excluding tert-OH is 1. The Balaban J connectivity index is 5.24. The summed E-state index contributed by atoms with van der Waals surface area (Å²) in [5.74, 6) is 0.753. The molecule has 19 heteroatoms. The van der Waals surface area contributed by atoms with Crippen LogP contribution < -0.4 is 0 Å². The van der Waals surface area contributed by atoms with Crippen molar-refractivity contribution in [2.24, 2.45) is 23.7 Å². The number of unbranched alkanes of at least 4 members (excludes halogenated alkanes) is 27. The number of ether oxygens (including phenoxy) is 4. The van der Waals surface area contributed by atoms with E-state index in [0.29, 0.717) is 37.5 Å². The van der Waals surface area contributed by atoms with Crippen LogP contribution in [0.4, 0.5) is 0 Å². The lowest BCUT2D eigenvalue weighted by atomic mass is 9.99. The van der Waals surface area contributed by atoms with Crippen molar-refractivity contribution in [3.63, 3.8) is 0 Å². The number of rotatable bonds is 62. The van der Waals surface area contributed by atoms with E-state index in [2.05, 4.69) is 55.4 Å². The van der Waals surface area contributed by atoms with Crippen LogP contribution in [0.1, 0.15) is 312 Å². The monoisotopic (exact) mass is 1240 g/mol. The molecule has 0 saturated heterocycles. The van der Waals surface area contributed by atoms with Gasteiger partial charge < -0.3 is 33.8 Å². The van der Waals surface area contributed by atoms with Gasteiger partial charge >= 0.3 is 39.5 Å². The van der Waals surface area contributed by atoms with Gasteiger partial charge in [-0.3, -0.25) is 37.3 Å². The molecule has 0 aliphatic rings. The molecule has 0 bridgehead atoms. The van der Waals surface area contributed by atoms with Crippen molar-refractivity contribution in [1.82, 2.24) is 0 Å². The molecule has 0 spiro atoms. The van der Waals surface area contributed by atoms with E-state index in [1.54, 1.807) is 0 Å². The number of phosphoric acid groups is 2. The first kappa shape index (κ1) is 82.1. The van der Waals surface area contributed by atoms with Crippen molar-refractivity contribution in [3.05, 3.63) is 0 Å². The van der Waals surface area contributed by atoms with Crippen molar-refractivity contribution < 1.29 is 80.2 Å². The number of esters is 4. The summed E-state index contributed by atoms with van der Waals surface area (Å²) < 4.78 is 68.0. The van der Waals surface area contributed by atoms with Crippen LogP contribution in [0.3, 0.4) is 0 Å². The van der Waals surface area contributed by atoms with Gasteiger partial charge in [-0.25, -0.2) is 9.13 Å². The van der Waals surface area contributed by atoms with Gasteiger partial charge in [-0.15, -0.1) is 0 Å². The fourth-order valence-electron chi connectivity index (χ4n) is 9.57. The normalized spacial score (nSPS) is 14.7. The first-order valence-corrected chi connectivity index (χ1v) is 36.7. The Bertz CT molecular complexity index is 1680. The van der Waals surface area contributed by atoms with E-state index in [0.717, 1.165) is 115 Å².